The van der Waals surface area contributed by atoms with Gasteiger partial charge in [-0.25, -0.2) is 0 Å². The third kappa shape index (κ3) is 2.16. The molecule has 15 heavy (non-hydrogen) atoms. The maximum absolute atomic E-state index is 5.84. The summed E-state index contributed by atoms with van der Waals surface area (Å²) in [6, 6.07) is 5.92. The third-order valence-corrected chi connectivity index (χ3v) is 3.04. The van der Waals surface area contributed by atoms with E-state index in [1.54, 1.807) is 11.3 Å². The number of hydrogen-bond acceptors (Lipinski definition) is 4. The summed E-state index contributed by atoms with van der Waals surface area (Å²) in [6.07, 6.45) is 1.84. The average Bonchev–Trinajstić information content (AvgIpc) is 2.69. The maximum Gasteiger partial charge on any atom is 0.0797 e. The second-order valence-electron chi connectivity index (χ2n) is 3.54. The maximum atomic E-state index is 5.84. The Labute approximate surface area is 92.8 Å². The highest BCUT2D eigenvalue weighted by Gasteiger charge is 2.05. The van der Waals surface area contributed by atoms with E-state index in [9.17, 15) is 0 Å². The highest BCUT2D eigenvalue weighted by atomic mass is 32.1. The molecule has 0 bridgehead atoms. The number of thiazole rings is 1. The van der Waals surface area contributed by atoms with Gasteiger partial charge in [-0.2, -0.15) is 0 Å². The van der Waals surface area contributed by atoms with Crippen LogP contribution < -0.4 is 11.5 Å². The Morgan fingerprint density at radius 2 is 2.13 bits per heavy atom. The van der Waals surface area contributed by atoms with Crippen molar-refractivity contribution in [2.75, 3.05) is 5.73 Å². The lowest BCUT2D eigenvalue weighted by atomic mass is 10.0. The Kier molecular flexibility index (Phi) is 2.70. The molecular weight excluding hydrogens is 206 g/mol. The van der Waals surface area contributed by atoms with Crippen LogP contribution in [-0.2, 0) is 0 Å². The molecule has 4 heteroatoms. The first-order valence-corrected chi connectivity index (χ1v) is 5.59. The van der Waals surface area contributed by atoms with Crippen molar-refractivity contribution in [1.82, 2.24) is 4.98 Å². The van der Waals surface area contributed by atoms with Crippen molar-refractivity contribution in [3.05, 3.63) is 35.5 Å². The highest BCUT2D eigenvalue weighted by molar-refractivity contribution is 7.13. The molecule has 4 N–H and O–H groups in total. The molecule has 0 unspecified atom stereocenters. The van der Waals surface area contributed by atoms with E-state index >= 15 is 0 Å². The number of nitrogen functional groups attached to an aromatic ring is 1. The molecule has 0 saturated carbocycles. The molecule has 0 amide bonds. The van der Waals surface area contributed by atoms with Crippen LogP contribution in [0.25, 0.3) is 10.4 Å². The Balaban J connectivity index is 2.49. The van der Waals surface area contributed by atoms with Crippen molar-refractivity contribution < 1.29 is 0 Å². The molecule has 0 aliphatic carbocycles. The van der Waals surface area contributed by atoms with Crippen LogP contribution in [0.3, 0.4) is 0 Å². The SMILES string of the molecule is C[C@@H](N)c1cc(N)cc(-c2cncs2)c1. The summed E-state index contributed by atoms with van der Waals surface area (Å²) >= 11 is 1.60. The van der Waals surface area contributed by atoms with Crippen LogP contribution >= 0.6 is 11.3 Å². The lowest BCUT2D eigenvalue weighted by Gasteiger charge is -2.08. The molecule has 1 heterocycles. The summed E-state index contributed by atoms with van der Waals surface area (Å²) in [5.41, 5.74) is 16.4. The van der Waals surface area contributed by atoms with E-state index in [0.29, 0.717) is 0 Å². The minimum Gasteiger partial charge on any atom is -0.399 e. The number of aromatic nitrogens is 1. The van der Waals surface area contributed by atoms with Crippen molar-refractivity contribution in [3.63, 3.8) is 0 Å². The van der Waals surface area contributed by atoms with Crippen molar-refractivity contribution >= 4 is 17.0 Å². The number of nitrogens with two attached hydrogens (primary N) is 2. The van der Waals surface area contributed by atoms with Gasteiger partial charge < -0.3 is 11.5 Å². The van der Waals surface area contributed by atoms with Crippen molar-refractivity contribution in [2.24, 2.45) is 5.73 Å². The second-order valence-corrected chi connectivity index (χ2v) is 4.43. The molecule has 0 radical (unpaired) electrons. The summed E-state index contributed by atoms with van der Waals surface area (Å²) in [5, 5.41) is 0. The minimum absolute atomic E-state index is 0.000159. The summed E-state index contributed by atoms with van der Waals surface area (Å²) in [5.74, 6) is 0. The van der Waals surface area contributed by atoms with E-state index < -0.39 is 0 Å². The van der Waals surface area contributed by atoms with Crippen LogP contribution in [0, 0.1) is 0 Å². The van der Waals surface area contributed by atoms with Gasteiger partial charge >= 0.3 is 0 Å². The fourth-order valence-corrected chi connectivity index (χ4v) is 2.05. The highest BCUT2D eigenvalue weighted by Crippen LogP contribution is 2.28. The standard InChI is InChI=1S/C11H13N3S/c1-7(12)8-2-9(4-10(13)3-8)11-5-14-6-15-11/h2-7H,12-13H2,1H3/t7-/m1/s1. The van der Waals surface area contributed by atoms with E-state index in [1.165, 1.54) is 0 Å². The Morgan fingerprint density at radius 3 is 2.73 bits per heavy atom. The van der Waals surface area contributed by atoms with Crippen LogP contribution in [0.2, 0.25) is 0 Å². The molecule has 78 valence electrons. The van der Waals surface area contributed by atoms with Gasteiger partial charge in [-0.15, -0.1) is 11.3 Å². The van der Waals surface area contributed by atoms with Crippen molar-refractivity contribution in [1.29, 1.82) is 0 Å². The van der Waals surface area contributed by atoms with Crippen LogP contribution in [0.15, 0.2) is 29.9 Å². The first-order valence-electron chi connectivity index (χ1n) is 4.71. The average molecular weight is 219 g/mol. The topological polar surface area (TPSA) is 64.9 Å². The van der Waals surface area contributed by atoms with Gasteiger partial charge in [-0.05, 0) is 36.2 Å². The van der Waals surface area contributed by atoms with Crippen LogP contribution in [0.5, 0.6) is 0 Å². The van der Waals surface area contributed by atoms with E-state index in [4.69, 9.17) is 11.5 Å². The largest absolute Gasteiger partial charge is 0.399 e. The fraction of sp³-hybridized carbons (Fsp3) is 0.182. The normalized spacial score (nSPS) is 12.7. The molecule has 1 aromatic heterocycles. The zero-order chi connectivity index (χ0) is 10.8. The van der Waals surface area contributed by atoms with Gasteiger partial charge in [-0.3, -0.25) is 4.98 Å². The summed E-state index contributed by atoms with van der Waals surface area (Å²) in [4.78, 5) is 5.16. The molecule has 0 aliphatic heterocycles. The van der Waals surface area contributed by atoms with Gasteiger partial charge in [0.2, 0.25) is 0 Å². The predicted octanol–water partition coefficient (Wildman–Crippen LogP) is 2.41. The second kappa shape index (κ2) is 4.00. The summed E-state index contributed by atoms with van der Waals surface area (Å²) < 4.78 is 0. The van der Waals surface area contributed by atoms with Gasteiger partial charge in [-0.1, -0.05) is 0 Å². The van der Waals surface area contributed by atoms with Gasteiger partial charge in [0.05, 0.1) is 10.4 Å². The zero-order valence-electron chi connectivity index (χ0n) is 8.47. The first-order chi connectivity index (χ1) is 7.16. The lowest BCUT2D eigenvalue weighted by Crippen LogP contribution is -2.05. The smallest absolute Gasteiger partial charge is 0.0797 e. The Hall–Kier alpha value is -1.39. The Bertz CT molecular complexity index is 449. The molecule has 1 atom stereocenters. The predicted molar refractivity (Wildman–Crippen MR) is 64.6 cm³/mol. The molecule has 0 fully saturated rings. The van der Waals surface area contributed by atoms with Crippen LogP contribution in [0.4, 0.5) is 5.69 Å². The molecule has 0 aliphatic rings. The van der Waals surface area contributed by atoms with E-state index in [1.807, 2.05) is 30.8 Å². The van der Waals surface area contributed by atoms with Crippen molar-refractivity contribution in [2.45, 2.75) is 13.0 Å². The number of rotatable bonds is 2. The molecule has 2 aromatic rings. The van der Waals surface area contributed by atoms with E-state index in [-0.39, 0.29) is 6.04 Å². The van der Waals surface area contributed by atoms with Gasteiger partial charge in [0.15, 0.2) is 0 Å². The number of hydrogen-bond donors (Lipinski definition) is 2. The third-order valence-electron chi connectivity index (χ3n) is 2.22. The summed E-state index contributed by atoms with van der Waals surface area (Å²) in [6.45, 7) is 1.95. The van der Waals surface area contributed by atoms with E-state index in [0.717, 1.165) is 21.7 Å². The number of nitrogens with zero attached hydrogens (tertiary/aromatic N) is 1. The van der Waals surface area contributed by atoms with E-state index in [2.05, 4.69) is 11.1 Å². The molecule has 3 nitrogen and oxygen atoms in total. The zero-order valence-corrected chi connectivity index (χ0v) is 9.29. The molecule has 1 aromatic carbocycles. The Morgan fingerprint density at radius 1 is 1.33 bits per heavy atom. The van der Waals surface area contributed by atoms with Crippen LogP contribution in [0.1, 0.15) is 18.5 Å². The quantitative estimate of drug-likeness (QED) is 0.762. The molecule has 0 saturated heterocycles. The van der Waals surface area contributed by atoms with Gasteiger partial charge in [0.1, 0.15) is 0 Å². The molecule has 2 rings (SSSR count). The van der Waals surface area contributed by atoms with Gasteiger partial charge in [0, 0.05) is 17.9 Å². The number of anilines is 1. The van der Waals surface area contributed by atoms with Crippen LogP contribution in [-0.4, -0.2) is 4.98 Å². The monoisotopic (exact) mass is 219 g/mol. The lowest BCUT2D eigenvalue weighted by molar-refractivity contribution is 0.819. The fourth-order valence-electron chi connectivity index (χ4n) is 1.44. The summed E-state index contributed by atoms with van der Waals surface area (Å²) in [7, 11) is 0. The first kappa shape index (κ1) is 10.1. The van der Waals surface area contributed by atoms with Crippen molar-refractivity contribution in [3.8, 4) is 10.4 Å². The number of benzene rings is 1. The van der Waals surface area contributed by atoms with Gasteiger partial charge in [0.25, 0.3) is 0 Å². The minimum atomic E-state index is 0.000159. The molecule has 0 spiro atoms. The molecular formula is C11H13N3S.